The fourth-order valence-electron chi connectivity index (χ4n) is 3.19. The van der Waals surface area contributed by atoms with Gasteiger partial charge in [-0.1, -0.05) is 24.3 Å². The molecule has 0 saturated heterocycles. The Morgan fingerprint density at radius 1 is 0.867 bits per heavy atom. The van der Waals surface area contributed by atoms with Crippen LogP contribution in [0.25, 0.3) is 11.0 Å². The van der Waals surface area contributed by atoms with Crippen LogP contribution in [0.3, 0.4) is 0 Å². The highest BCUT2D eigenvalue weighted by atomic mass is 32.2. The van der Waals surface area contributed by atoms with Gasteiger partial charge in [-0.2, -0.15) is 0 Å². The minimum Gasteiger partial charge on any atom is -0.434 e. The van der Waals surface area contributed by atoms with Crippen molar-refractivity contribution in [3.05, 3.63) is 82.9 Å². The maximum Gasteiger partial charge on any atom is 0.270 e. The molecule has 148 valence electrons. The summed E-state index contributed by atoms with van der Waals surface area (Å²) < 4.78 is 34.0. The summed E-state index contributed by atoms with van der Waals surface area (Å²) in [5, 5.41) is 10.9. The van der Waals surface area contributed by atoms with Crippen molar-refractivity contribution in [1.82, 2.24) is 9.97 Å². The van der Waals surface area contributed by atoms with Crippen molar-refractivity contribution in [1.29, 1.82) is 0 Å². The summed E-state index contributed by atoms with van der Waals surface area (Å²) in [6.07, 6.45) is 0. The van der Waals surface area contributed by atoms with Crippen molar-refractivity contribution >= 4 is 38.2 Å². The van der Waals surface area contributed by atoms with Gasteiger partial charge in [-0.15, -0.1) is 0 Å². The van der Waals surface area contributed by atoms with E-state index in [1.165, 1.54) is 12.1 Å². The Balaban J connectivity index is 1.74. The average Bonchev–Trinajstić information content (AvgIpc) is 2.76. The fourth-order valence-corrected chi connectivity index (χ4v) is 4.64. The van der Waals surface area contributed by atoms with Gasteiger partial charge in [-0.25, -0.2) is 22.7 Å². The number of rotatable bonds is 3. The number of hydrogen-bond acceptors (Lipinski definition) is 7. The molecule has 0 unspecified atom stereocenters. The monoisotopic (exact) mass is 420 g/mol. The second kappa shape index (κ2) is 6.49. The summed E-state index contributed by atoms with van der Waals surface area (Å²) in [7, 11) is -4.17. The maximum absolute atomic E-state index is 13.6. The number of para-hydroxylation sites is 4. The Kier molecular flexibility index (Phi) is 3.90. The molecule has 3 aromatic carbocycles. The van der Waals surface area contributed by atoms with Crippen LogP contribution in [0.5, 0.6) is 11.6 Å². The number of nitrogens with zero attached hydrogens (tertiary/aromatic N) is 4. The molecule has 10 heteroatoms. The number of sulfonamides is 1. The third-order valence-corrected chi connectivity index (χ3v) is 6.31. The van der Waals surface area contributed by atoms with Gasteiger partial charge in [0.25, 0.3) is 21.6 Å². The third kappa shape index (κ3) is 2.73. The maximum atomic E-state index is 13.6. The molecule has 0 atom stereocenters. The molecule has 0 N–H and O–H groups in total. The number of non-ortho nitro benzene ring substituents is 1. The predicted molar refractivity (Wildman–Crippen MR) is 108 cm³/mol. The molecular formula is C20H12N4O5S. The van der Waals surface area contributed by atoms with Crippen molar-refractivity contribution in [2.24, 2.45) is 0 Å². The normalized spacial score (nSPS) is 12.7. The number of fused-ring (bicyclic) bond motifs is 3. The quantitative estimate of drug-likeness (QED) is 0.361. The minimum absolute atomic E-state index is 0.0192. The first-order chi connectivity index (χ1) is 14.4. The van der Waals surface area contributed by atoms with Gasteiger partial charge in [0, 0.05) is 12.1 Å². The molecule has 0 aliphatic carbocycles. The second-order valence-electron chi connectivity index (χ2n) is 6.43. The van der Waals surface area contributed by atoms with Crippen LogP contribution in [0.15, 0.2) is 77.7 Å². The van der Waals surface area contributed by atoms with Crippen molar-refractivity contribution in [2.45, 2.75) is 4.90 Å². The van der Waals surface area contributed by atoms with E-state index in [0.717, 1.165) is 16.4 Å². The number of nitro groups is 1. The topological polar surface area (TPSA) is 116 Å². The van der Waals surface area contributed by atoms with Crippen molar-refractivity contribution in [3.63, 3.8) is 0 Å². The van der Waals surface area contributed by atoms with Crippen LogP contribution < -0.4 is 9.04 Å². The molecular weight excluding hydrogens is 408 g/mol. The van der Waals surface area contributed by atoms with E-state index in [1.807, 2.05) is 0 Å². The Labute approximate surface area is 170 Å². The van der Waals surface area contributed by atoms with E-state index in [1.54, 1.807) is 48.5 Å². The number of nitro benzene ring substituents is 1. The molecule has 0 bridgehead atoms. The zero-order chi connectivity index (χ0) is 20.9. The van der Waals surface area contributed by atoms with Gasteiger partial charge in [0.05, 0.1) is 20.9 Å². The molecule has 1 aliphatic rings. The number of ether oxygens (including phenoxy) is 1. The van der Waals surface area contributed by atoms with Gasteiger partial charge in [0.15, 0.2) is 5.75 Å². The molecule has 1 aromatic heterocycles. The first-order valence-corrected chi connectivity index (χ1v) is 10.2. The van der Waals surface area contributed by atoms with E-state index in [9.17, 15) is 18.5 Å². The van der Waals surface area contributed by atoms with Crippen LogP contribution in [-0.2, 0) is 10.0 Å². The molecule has 1 aliphatic heterocycles. The molecule has 0 radical (unpaired) electrons. The lowest BCUT2D eigenvalue weighted by Crippen LogP contribution is -2.30. The zero-order valence-electron chi connectivity index (χ0n) is 15.2. The van der Waals surface area contributed by atoms with Crippen LogP contribution in [0.4, 0.5) is 17.2 Å². The van der Waals surface area contributed by atoms with Gasteiger partial charge < -0.3 is 4.74 Å². The minimum atomic E-state index is -4.17. The SMILES string of the molecule is O=[N+]([O-])c1ccc(S(=O)(=O)N2c3ccccc3Oc3nc4ccccc4nc32)cc1. The Morgan fingerprint density at radius 3 is 2.20 bits per heavy atom. The lowest BCUT2D eigenvalue weighted by atomic mass is 10.2. The predicted octanol–water partition coefficient (Wildman–Crippen LogP) is 4.17. The molecule has 0 fully saturated rings. The number of hydrogen-bond donors (Lipinski definition) is 0. The summed E-state index contributed by atoms with van der Waals surface area (Å²) in [6.45, 7) is 0. The van der Waals surface area contributed by atoms with Crippen molar-refractivity contribution in [3.8, 4) is 11.6 Å². The van der Waals surface area contributed by atoms with Gasteiger partial charge in [0.2, 0.25) is 5.82 Å². The van der Waals surface area contributed by atoms with Crippen LogP contribution in [0.2, 0.25) is 0 Å². The van der Waals surface area contributed by atoms with Crippen molar-refractivity contribution < 1.29 is 18.1 Å². The molecule has 9 nitrogen and oxygen atoms in total. The smallest absolute Gasteiger partial charge is 0.270 e. The third-order valence-electron chi connectivity index (χ3n) is 4.59. The number of benzene rings is 3. The summed E-state index contributed by atoms with van der Waals surface area (Å²) >= 11 is 0. The van der Waals surface area contributed by atoms with E-state index in [-0.39, 0.29) is 28.0 Å². The second-order valence-corrected chi connectivity index (χ2v) is 8.22. The highest BCUT2D eigenvalue weighted by Crippen LogP contribution is 2.47. The zero-order valence-corrected chi connectivity index (χ0v) is 16.0. The summed E-state index contributed by atoms with van der Waals surface area (Å²) in [5.74, 6) is 0.378. The molecule has 5 rings (SSSR count). The van der Waals surface area contributed by atoms with Gasteiger partial charge in [0.1, 0.15) is 5.69 Å². The molecule has 0 amide bonds. The first kappa shape index (κ1) is 18.0. The average molecular weight is 420 g/mol. The Bertz CT molecular complexity index is 1420. The highest BCUT2D eigenvalue weighted by molar-refractivity contribution is 7.93. The first-order valence-electron chi connectivity index (χ1n) is 8.78. The molecule has 4 aromatic rings. The lowest BCUT2D eigenvalue weighted by molar-refractivity contribution is -0.384. The van der Waals surface area contributed by atoms with Crippen LogP contribution in [0, 0.1) is 10.1 Å². The molecule has 0 saturated carbocycles. The van der Waals surface area contributed by atoms with Gasteiger partial charge in [-0.05, 0) is 36.4 Å². The summed E-state index contributed by atoms with van der Waals surface area (Å²) in [6, 6.07) is 18.3. The Morgan fingerprint density at radius 2 is 1.50 bits per heavy atom. The summed E-state index contributed by atoms with van der Waals surface area (Å²) in [5.41, 5.74) is 1.13. The fraction of sp³-hybridized carbons (Fsp3) is 0. The molecule has 30 heavy (non-hydrogen) atoms. The van der Waals surface area contributed by atoms with Gasteiger partial charge in [-0.3, -0.25) is 10.1 Å². The van der Waals surface area contributed by atoms with E-state index in [2.05, 4.69) is 9.97 Å². The van der Waals surface area contributed by atoms with Crippen LogP contribution >= 0.6 is 0 Å². The Hall–Kier alpha value is -4.05. The van der Waals surface area contributed by atoms with E-state index in [0.29, 0.717) is 16.8 Å². The molecule has 0 spiro atoms. The van der Waals surface area contributed by atoms with E-state index >= 15 is 0 Å². The van der Waals surface area contributed by atoms with Crippen molar-refractivity contribution in [2.75, 3.05) is 4.31 Å². The lowest BCUT2D eigenvalue weighted by Gasteiger charge is -2.30. The van der Waals surface area contributed by atoms with Gasteiger partial charge >= 0.3 is 0 Å². The van der Waals surface area contributed by atoms with E-state index in [4.69, 9.17) is 4.74 Å². The van der Waals surface area contributed by atoms with Crippen LogP contribution in [0.1, 0.15) is 0 Å². The number of aromatic nitrogens is 2. The van der Waals surface area contributed by atoms with Crippen LogP contribution in [-0.4, -0.2) is 23.3 Å². The highest BCUT2D eigenvalue weighted by Gasteiger charge is 2.37. The number of anilines is 2. The largest absolute Gasteiger partial charge is 0.434 e. The summed E-state index contributed by atoms with van der Waals surface area (Å²) in [4.78, 5) is 19.1. The standard InChI is InChI=1S/C20H12N4O5S/c25-24(26)13-9-11-14(12-10-13)30(27,28)23-17-7-3-4-8-18(17)29-20-19(23)21-15-5-1-2-6-16(15)22-20/h1-12H. The molecule has 2 heterocycles. The van der Waals surface area contributed by atoms with E-state index < -0.39 is 14.9 Å².